The van der Waals surface area contributed by atoms with Crippen molar-refractivity contribution in [3.63, 3.8) is 0 Å². The zero-order valence-electron chi connectivity index (χ0n) is 13.0. The van der Waals surface area contributed by atoms with E-state index >= 15 is 0 Å². The SMILES string of the molecule is Cc1nn(C)c(C)c1CC(=O)ON1C(=O)c2ccccc2C1=O. The first kappa shape index (κ1) is 15.0. The third kappa shape index (κ3) is 2.40. The number of carbonyl (C=O) groups is 3. The number of benzene rings is 1. The van der Waals surface area contributed by atoms with Crippen molar-refractivity contribution in [3.8, 4) is 0 Å². The van der Waals surface area contributed by atoms with Gasteiger partial charge >= 0.3 is 5.97 Å². The van der Waals surface area contributed by atoms with Gasteiger partial charge in [-0.05, 0) is 26.0 Å². The van der Waals surface area contributed by atoms with Crippen LogP contribution in [-0.4, -0.2) is 32.6 Å². The molecule has 2 aromatic rings. The van der Waals surface area contributed by atoms with Gasteiger partial charge in [-0.2, -0.15) is 5.10 Å². The molecule has 23 heavy (non-hydrogen) atoms. The standard InChI is InChI=1S/C16H15N3O4/c1-9-13(10(2)18(3)17-9)8-14(20)23-19-15(21)11-6-4-5-7-12(11)16(19)22/h4-7H,8H2,1-3H3. The van der Waals surface area contributed by atoms with Gasteiger partial charge in [0.15, 0.2) is 0 Å². The van der Waals surface area contributed by atoms with Gasteiger partial charge in [0.25, 0.3) is 11.8 Å². The molecule has 1 aromatic carbocycles. The summed E-state index contributed by atoms with van der Waals surface area (Å²) in [6.45, 7) is 3.63. The van der Waals surface area contributed by atoms with Gasteiger partial charge in [0.05, 0.1) is 23.2 Å². The van der Waals surface area contributed by atoms with Crippen molar-refractivity contribution >= 4 is 17.8 Å². The Labute approximate surface area is 132 Å². The van der Waals surface area contributed by atoms with E-state index in [9.17, 15) is 14.4 Å². The molecule has 7 nitrogen and oxygen atoms in total. The highest BCUT2D eigenvalue weighted by molar-refractivity contribution is 6.20. The number of amides is 2. The Morgan fingerprint density at radius 3 is 2.17 bits per heavy atom. The molecule has 0 aliphatic carbocycles. The molecule has 0 radical (unpaired) electrons. The van der Waals surface area contributed by atoms with Crippen LogP contribution in [-0.2, 0) is 23.1 Å². The van der Waals surface area contributed by atoms with E-state index in [1.807, 2.05) is 6.92 Å². The molecule has 0 saturated carbocycles. The highest BCUT2D eigenvalue weighted by Crippen LogP contribution is 2.23. The summed E-state index contributed by atoms with van der Waals surface area (Å²) < 4.78 is 1.67. The summed E-state index contributed by atoms with van der Waals surface area (Å²) in [5, 5.41) is 4.74. The largest absolute Gasteiger partial charge is 0.337 e. The quantitative estimate of drug-likeness (QED) is 0.799. The second kappa shape index (κ2) is 5.35. The highest BCUT2D eigenvalue weighted by atomic mass is 16.7. The van der Waals surface area contributed by atoms with Crippen LogP contribution >= 0.6 is 0 Å². The second-order valence-electron chi connectivity index (χ2n) is 5.36. The van der Waals surface area contributed by atoms with Gasteiger partial charge in [0, 0.05) is 18.3 Å². The molecule has 2 amide bonds. The third-order valence-electron chi connectivity index (χ3n) is 3.93. The van der Waals surface area contributed by atoms with E-state index in [0.717, 1.165) is 11.3 Å². The lowest BCUT2D eigenvalue weighted by atomic mass is 10.1. The fraction of sp³-hybridized carbons (Fsp3) is 0.250. The summed E-state index contributed by atoms with van der Waals surface area (Å²) in [6, 6.07) is 6.35. The molecule has 0 bridgehead atoms. The molecule has 0 N–H and O–H groups in total. The number of aromatic nitrogens is 2. The lowest BCUT2D eigenvalue weighted by molar-refractivity contribution is -0.167. The molecule has 7 heteroatoms. The van der Waals surface area contributed by atoms with E-state index in [-0.39, 0.29) is 17.5 Å². The van der Waals surface area contributed by atoms with Gasteiger partial charge in [0.2, 0.25) is 0 Å². The van der Waals surface area contributed by atoms with E-state index in [1.54, 1.807) is 30.8 Å². The lowest BCUT2D eigenvalue weighted by Crippen LogP contribution is -2.33. The van der Waals surface area contributed by atoms with E-state index in [0.29, 0.717) is 10.8 Å². The maximum absolute atomic E-state index is 12.1. The molecule has 1 aliphatic heterocycles. The molecule has 0 spiro atoms. The number of rotatable bonds is 3. The van der Waals surface area contributed by atoms with Gasteiger partial charge in [-0.15, -0.1) is 0 Å². The molecule has 0 fully saturated rings. The highest BCUT2D eigenvalue weighted by Gasteiger charge is 2.38. The molecule has 118 valence electrons. The third-order valence-corrected chi connectivity index (χ3v) is 3.93. The van der Waals surface area contributed by atoms with Crippen LogP contribution < -0.4 is 0 Å². The van der Waals surface area contributed by atoms with Crippen LogP contribution in [0.25, 0.3) is 0 Å². The van der Waals surface area contributed by atoms with Crippen LogP contribution in [0.15, 0.2) is 24.3 Å². The molecule has 3 rings (SSSR count). The van der Waals surface area contributed by atoms with Gasteiger partial charge in [-0.3, -0.25) is 14.3 Å². The van der Waals surface area contributed by atoms with Crippen LogP contribution in [0.3, 0.4) is 0 Å². The molecule has 1 aliphatic rings. The predicted molar refractivity (Wildman–Crippen MR) is 79.4 cm³/mol. The van der Waals surface area contributed by atoms with Crippen molar-refractivity contribution < 1.29 is 19.2 Å². The molecular weight excluding hydrogens is 298 g/mol. The predicted octanol–water partition coefficient (Wildman–Crippen LogP) is 1.33. The first-order chi connectivity index (χ1) is 10.9. The number of nitrogens with zero attached hydrogens (tertiary/aromatic N) is 3. The zero-order chi connectivity index (χ0) is 16.7. The maximum Gasteiger partial charge on any atom is 0.337 e. The molecule has 2 heterocycles. The van der Waals surface area contributed by atoms with E-state index < -0.39 is 17.8 Å². The summed E-state index contributed by atoms with van der Waals surface area (Å²) in [4.78, 5) is 41.4. The summed E-state index contributed by atoms with van der Waals surface area (Å²) in [5.41, 5.74) is 2.75. The number of imide groups is 1. The Bertz CT molecular complexity index is 803. The number of fused-ring (bicyclic) bond motifs is 1. The van der Waals surface area contributed by atoms with Crippen molar-refractivity contribution in [1.29, 1.82) is 0 Å². The van der Waals surface area contributed by atoms with Crippen molar-refractivity contribution in [3.05, 3.63) is 52.3 Å². The van der Waals surface area contributed by atoms with Crippen molar-refractivity contribution in [1.82, 2.24) is 14.8 Å². The number of hydrogen-bond acceptors (Lipinski definition) is 5. The number of carbonyl (C=O) groups excluding carboxylic acids is 3. The maximum atomic E-state index is 12.1. The summed E-state index contributed by atoms with van der Waals surface area (Å²) in [5.74, 6) is -1.93. The molecule has 0 unspecified atom stereocenters. The normalized spacial score (nSPS) is 13.4. The molecular formula is C16H15N3O4. The number of hydrogen-bond donors (Lipinski definition) is 0. The average Bonchev–Trinajstić information content (AvgIpc) is 2.90. The number of hydroxylamine groups is 2. The lowest BCUT2D eigenvalue weighted by Gasteiger charge is -2.12. The van der Waals surface area contributed by atoms with Gasteiger partial charge in [-0.1, -0.05) is 17.2 Å². The minimum Gasteiger partial charge on any atom is -0.329 e. The van der Waals surface area contributed by atoms with Gasteiger partial charge in [-0.25, -0.2) is 4.79 Å². The Morgan fingerprint density at radius 1 is 1.13 bits per heavy atom. The summed E-state index contributed by atoms with van der Waals surface area (Å²) in [7, 11) is 1.78. The fourth-order valence-corrected chi connectivity index (χ4v) is 2.60. The average molecular weight is 313 g/mol. The van der Waals surface area contributed by atoms with Crippen LogP contribution in [0.4, 0.5) is 0 Å². The topological polar surface area (TPSA) is 81.5 Å². The van der Waals surface area contributed by atoms with E-state index in [1.165, 1.54) is 12.1 Å². The van der Waals surface area contributed by atoms with Gasteiger partial charge < -0.3 is 4.84 Å². The van der Waals surface area contributed by atoms with E-state index in [2.05, 4.69) is 5.10 Å². The number of aryl methyl sites for hydroxylation is 2. The van der Waals surface area contributed by atoms with Crippen LogP contribution in [0.2, 0.25) is 0 Å². The minimum atomic E-state index is -0.682. The zero-order valence-corrected chi connectivity index (χ0v) is 13.0. The molecule has 1 aromatic heterocycles. The Balaban J connectivity index is 1.77. The smallest absolute Gasteiger partial charge is 0.329 e. The van der Waals surface area contributed by atoms with Gasteiger partial charge in [0.1, 0.15) is 0 Å². The first-order valence-electron chi connectivity index (χ1n) is 7.08. The molecule has 0 atom stereocenters. The van der Waals surface area contributed by atoms with Crippen LogP contribution in [0.1, 0.15) is 37.7 Å². The minimum absolute atomic E-state index is 0.0566. The van der Waals surface area contributed by atoms with Crippen molar-refractivity contribution in [2.24, 2.45) is 7.05 Å². The van der Waals surface area contributed by atoms with Crippen molar-refractivity contribution in [2.45, 2.75) is 20.3 Å². The fourth-order valence-electron chi connectivity index (χ4n) is 2.60. The summed E-state index contributed by atoms with van der Waals surface area (Å²) in [6.07, 6.45) is -0.0566. The van der Waals surface area contributed by atoms with Crippen LogP contribution in [0, 0.1) is 13.8 Å². The Hall–Kier alpha value is -2.96. The Morgan fingerprint density at radius 2 is 1.70 bits per heavy atom. The second-order valence-corrected chi connectivity index (χ2v) is 5.36. The summed E-state index contributed by atoms with van der Waals surface area (Å²) >= 11 is 0. The van der Waals surface area contributed by atoms with E-state index in [4.69, 9.17) is 4.84 Å². The molecule has 0 saturated heterocycles. The van der Waals surface area contributed by atoms with Crippen LogP contribution in [0.5, 0.6) is 0 Å². The Kier molecular flexibility index (Phi) is 3.48. The monoisotopic (exact) mass is 313 g/mol. The van der Waals surface area contributed by atoms with Crippen molar-refractivity contribution in [2.75, 3.05) is 0 Å². The first-order valence-corrected chi connectivity index (χ1v) is 7.08.